The van der Waals surface area contributed by atoms with E-state index in [0.717, 1.165) is 23.9 Å². The van der Waals surface area contributed by atoms with Gasteiger partial charge in [-0.3, -0.25) is 0 Å². The van der Waals surface area contributed by atoms with Crippen molar-refractivity contribution < 1.29 is 22.0 Å². The van der Waals surface area contributed by atoms with Gasteiger partial charge in [-0.25, -0.2) is 33.4 Å². The highest BCUT2D eigenvalue weighted by atomic mass is 19.4. The SMILES string of the molecule is FC(F)Cn1ncc2ncc(NC3CC4CN(c5cncnc5C(F)(F)F)CC4C3)nc21. The van der Waals surface area contributed by atoms with Crippen LogP contribution in [0.15, 0.2) is 24.9 Å². The molecule has 0 spiro atoms. The Morgan fingerprint density at radius 3 is 2.50 bits per heavy atom. The molecule has 2 aliphatic rings. The molecule has 0 amide bonds. The average Bonchev–Trinajstić information content (AvgIpc) is 3.41. The summed E-state index contributed by atoms with van der Waals surface area (Å²) in [5, 5.41) is 7.20. The summed E-state index contributed by atoms with van der Waals surface area (Å²) in [6.07, 6.45) is -0.512. The van der Waals surface area contributed by atoms with Gasteiger partial charge in [0.15, 0.2) is 11.3 Å². The molecule has 0 aromatic carbocycles. The molecule has 0 bridgehead atoms. The topological polar surface area (TPSA) is 84.7 Å². The lowest BCUT2D eigenvalue weighted by atomic mass is 10.0. The van der Waals surface area contributed by atoms with Gasteiger partial charge in [0.05, 0.1) is 24.3 Å². The number of anilines is 2. The number of alkyl halides is 5. The Kier molecular flexibility index (Phi) is 5.05. The Balaban J connectivity index is 1.26. The lowest BCUT2D eigenvalue weighted by molar-refractivity contribution is -0.140. The predicted molar refractivity (Wildman–Crippen MR) is 104 cm³/mol. The molecule has 1 aliphatic heterocycles. The summed E-state index contributed by atoms with van der Waals surface area (Å²) in [4.78, 5) is 17.6. The molecule has 3 aromatic rings. The smallest absolute Gasteiger partial charge is 0.368 e. The summed E-state index contributed by atoms with van der Waals surface area (Å²) in [5.41, 5.74) is -0.183. The quantitative estimate of drug-likeness (QED) is 0.593. The van der Waals surface area contributed by atoms with E-state index in [-0.39, 0.29) is 29.2 Å². The van der Waals surface area contributed by atoms with Gasteiger partial charge in [0.1, 0.15) is 24.2 Å². The van der Waals surface area contributed by atoms with Crippen LogP contribution in [0, 0.1) is 11.8 Å². The zero-order valence-electron chi connectivity index (χ0n) is 16.7. The highest BCUT2D eigenvalue weighted by Crippen LogP contribution is 2.43. The number of rotatable bonds is 5. The fourth-order valence-corrected chi connectivity index (χ4v) is 4.78. The first-order valence-corrected chi connectivity index (χ1v) is 10.1. The zero-order chi connectivity index (χ0) is 22.5. The van der Waals surface area contributed by atoms with Gasteiger partial charge in [-0.15, -0.1) is 0 Å². The first kappa shape index (κ1) is 20.8. The third-order valence-corrected chi connectivity index (χ3v) is 6.06. The second-order valence-corrected chi connectivity index (χ2v) is 8.17. The Hall–Kier alpha value is -3.12. The van der Waals surface area contributed by atoms with Crippen LogP contribution in [0.2, 0.25) is 0 Å². The number of hydrogen-bond acceptors (Lipinski definition) is 7. The maximum absolute atomic E-state index is 13.3. The van der Waals surface area contributed by atoms with Gasteiger partial charge in [-0.05, 0) is 24.7 Å². The van der Waals surface area contributed by atoms with E-state index in [2.05, 4.69) is 30.4 Å². The number of nitrogens with zero attached hydrogens (tertiary/aromatic N) is 7. The van der Waals surface area contributed by atoms with E-state index >= 15 is 0 Å². The molecular formula is C19H19F5N8. The molecule has 32 heavy (non-hydrogen) atoms. The Morgan fingerprint density at radius 1 is 1.06 bits per heavy atom. The normalized spacial score (nSPS) is 23.3. The van der Waals surface area contributed by atoms with Crippen molar-refractivity contribution in [2.24, 2.45) is 11.8 Å². The van der Waals surface area contributed by atoms with Gasteiger partial charge in [0.25, 0.3) is 6.43 Å². The van der Waals surface area contributed by atoms with Crippen LogP contribution in [0.25, 0.3) is 11.2 Å². The van der Waals surface area contributed by atoms with Gasteiger partial charge < -0.3 is 10.2 Å². The van der Waals surface area contributed by atoms with Crippen molar-refractivity contribution in [3.63, 3.8) is 0 Å². The number of aromatic nitrogens is 6. The van der Waals surface area contributed by atoms with E-state index < -0.39 is 24.8 Å². The first-order valence-electron chi connectivity index (χ1n) is 10.1. The van der Waals surface area contributed by atoms with Crippen LogP contribution in [0.1, 0.15) is 18.5 Å². The molecule has 0 radical (unpaired) electrons. The molecule has 170 valence electrons. The maximum Gasteiger partial charge on any atom is 0.435 e. The molecule has 1 N–H and O–H groups in total. The molecule has 1 saturated heterocycles. The fraction of sp³-hybridized carbons (Fsp3) is 0.526. The summed E-state index contributed by atoms with van der Waals surface area (Å²) in [6.45, 7) is 0.421. The highest BCUT2D eigenvalue weighted by molar-refractivity contribution is 5.71. The van der Waals surface area contributed by atoms with E-state index in [1.165, 1.54) is 18.6 Å². The van der Waals surface area contributed by atoms with Crippen LogP contribution in [0.5, 0.6) is 0 Å². The first-order chi connectivity index (χ1) is 15.3. The van der Waals surface area contributed by atoms with Crippen molar-refractivity contribution in [2.45, 2.75) is 38.0 Å². The molecule has 2 atom stereocenters. The number of fused-ring (bicyclic) bond motifs is 2. The lowest BCUT2D eigenvalue weighted by Gasteiger charge is -2.23. The molecular weight excluding hydrogens is 435 g/mol. The van der Waals surface area contributed by atoms with Gasteiger partial charge >= 0.3 is 6.18 Å². The molecule has 1 aliphatic carbocycles. The Bertz CT molecular complexity index is 1100. The van der Waals surface area contributed by atoms with Gasteiger partial charge in [0.2, 0.25) is 0 Å². The van der Waals surface area contributed by atoms with Crippen molar-refractivity contribution in [1.82, 2.24) is 29.7 Å². The van der Waals surface area contributed by atoms with E-state index in [0.29, 0.717) is 24.4 Å². The maximum atomic E-state index is 13.3. The third kappa shape index (κ3) is 3.91. The summed E-state index contributed by atoms with van der Waals surface area (Å²) in [5.74, 6) is 0.899. The van der Waals surface area contributed by atoms with E-state index in [9.17, 15) is 22.0 Å². The molecule has 8 nitrogen and oxygen atoms in total. The van der Waals surface area contributed by atoms with Gasteiger partial charge in [-0.2, -0.15) is 18.3 Å². The number of hydrogen-bond donors (Lipinski definition) is 1. The van der Waals surface area contributed by atoms with Crippen LogP contribution >= 0.6 is 0 Å². The standard InChI is InChI=1S/C19H19F5N8/c20-15(21)8-32-18-13(3-28-32)26-5-16(30-18)29-12-1-10-6-31(7-11(10)2-12)14-4-25-9-27-17(14)19(22,23)24/h3-5,9-12,15H,1-2,6-8H2,(H,29,30). The van der Waals surface area contributed by atoms with Gasteiger partial charge in [0, 0.05) is 19.1 Å². The molecule has 4 heterocycles. The molecule has 2 unspecified atom stereocenters. The van der Waals surface area contributed by atoms with Gasteiger partial charge in [-0.1, -0.05) is 0 Å². The van der Waals surface area contributed by atoms with Crippen molar-refractivity contribution in [1.29, 1.82) is 0 Å². The molecule has 3 aromatic heterocycles. The van der Waals surface area contributed by atoms with Crippen LogP contribution in [-0.2, 0) is 12.7 Å². The second-order valence-electron chi connectivity index (χ2n) is 8.17. The Labute approximate surface area is 178 Å². The lowest BCUT2D eigenvalue weighted by Crippen LogP contribution is -2.27. The van der Waals surface area contributed by atoms with E-state index in [1.54, 1.807) is 4.90 Å². The third-order valence-electron chi connectivity index (χ3n) is 6.06. The summed E-state index contributed by atoms with van der Waals surface area (Å²) in [6, 6.07) is 0.0690. The number of halogens is 5. The molecule has 13 heteroatoms. The minimum Gasteiger partial charge on any atom is -0.368 e. The second kappa shape index (κ2) is 7.78. The largest absolute Gasteiger partial charge is 0.435 e. The Morgan fingerprint density at radius 2 is 1.81 bits per heavy atom. The van der Waals surface area contributed by atoms with E-state index in [1.807, 2.05) is 0 Å². The van der Waals surface area contributed by atoms with Crippen molar-refractivity contribution >= 4 is 22.7 Å². The molecule has 1 saturated carbocycles. The minimum atomic E-state index is -4.53. The van der Waals surface area contributed by atoms with E-state index in [4.69, 9.17) is 0 Å². The van der Waals surface area contributed by atoms with Crippen LogP contribution < -0.4 is 10.2 Å². The van der Waals surface area contributed by atoms with Crippen LogP contribution in [-0.4, -0.2) is 55.3 Å². The molecule has 5 rings (SSSR count). The van der Waals surface area contributed by atoms with Crippen LogP contribution in [0.3, 0.4) is 0 Å². The summed E-state index contributed by atoms with van der Waals surface area (Å²) < 4.78 is 66.5. The fourth-order valence-electron chi connectivity index (χ4n) is 4.78. The number of nitrogens with one attached hydrogen (secondary N) is 1. The van der Waals surface area contributed by atoms with Crippen molar-refractivity contribution in [3.8, 4) is 0 Å². The zero-order valence-corrected chi connectivity index (χ0v) is 16.7. The van der Waals surface area contributed by atoms with Crippen molar-refractivity contribution in [3.05, 3.63) is 30.6 Å². The summed E-state index contributed by atoms with van der Waals surface area (Å²) >= 11 is 0. The minimum absolute atomic E-state index is 0.0162. The van der Waals surface area contributed by atoms with Crippen molar-refractivity contribution in [2.75, 3.05) is 23.3 Å². The van der Waals surface area contributed by atoms with Crippen LogP contribution in [0.4, 0.5) is 33.5 Å². The predicted octanol–water partition coefficient (Wildman–Crippen LogP) is 3.23. The molecule has 2 fully saturated rings. The monoisotopic (exact) mass is 454 g/mol. The average molecular weight is 454 g/mol. The highest BCUT2D eigenvalue weighted by Gasteiger charge is 2.44. The summed E-state index contributed by atoms with van der Waals surface area (Å²) in [7, 11) is 0.